The predicted octanol–water partition coefficient (Wildman–Crippen LogP) is 15.9. The van der Waals surface area contributed by atoms with Crippen LogP contribution in [0, 0.1) is 0 Å². The minimum Gasteiger partial charge on any atom is -0.309 e. The molecule has 4 nitrogen and oxygen atoms in total. The Morgan fingerprint density at radius 2 is 0.871 bits per heavy atom. The minimum atomic E-state index is 0.943. The van der Waals surface area contributed by atoms with Crippen LogP contribution in [0.4, 0.5) is 0 Å². The minimum absolute atomic E-state index is 0.943. The lowest BCUT2D eigenvalue weighted by Gasteiger charge is -2.14. The number of aromatic nitrogens is 4. The molecule has 0 aliphatic rings. The molecule has 288 valence electrons. The molecule has 0 aliphatic carbocycles. The number of rotatable bonds is 4. The van der Waals surface area contributed by atoms with Gasteiger partial charge in [-0.1, -0.05) is 91.0 Å². The van der Waals surface area contributed by atoms with Gasteiger partial charge in [-0.2, -0.15) is 0 Å². The first-order valence-electron chi connectivity index (χ1n) is 20.9. The van der Waals surface area contributed by atoms with Gasteiger partial charge in [0.15, 0.2) is 0 Å². The molecule has 6 heterocycles. The third-order valence-electron chi connectivity index (χ3n) is 12.7. The normalized spacial score (nSPS) is 12.2. The van der Waals surface area contributed by atoms with Crippen LogP contribution in [0.15, 0.2) is 194 Å². The van der Waals surface area contributed by atoms with Crippen molar-refractivity contribution in [3.8, 4) is 33.9 Å². The summed E-state index contributed by atoms with van der Waals surface area (Å²) < 4.78 is 10.1. The number of nitrogens with zero attached hydrogens (tertiary/aromatic N) is 4. The van der Waals surface area contributed by atoms with Crippen molar-refractivity contribution < 1.29 is 0 Å². The zero-order valence-corrected chi connectivity index (χ0v) is 34.7. The van der Waals surface area contributed by atoms with Crippen LogP contribution in [-0.2, 0) is 0 Å². The summed E-state index contributed by atoms with van der Waals surface area (Å²) in [6, 6.07) is 68.7. The van der Waals surface area contributed by atoms with E-state index in [2.05, 4.69) is 191 Å². The van der Waals surface area contributed by atoms with E-state index in [1.54, 1.807) is 0 Å². The largest absolute Gasteiger partial charge is 0.309 e. The van der Waals surface area contributed by atoms with Crippen LogP contribution in [0.1, 0.15) is 0 Å². The second-order valence-corrected chi connectivity index (χ2v) is 18.3. The van der Waals surface area contributed by atoms with Gasteiger partial charge in [0.05, 0.1) is 50.3 Å². The topological polar surface area (TPSA) is 35.6 Å². The van der Waals surface area contributed by atoms with Crippen LogP contribution in [0.25, 0.3) is 129 Å². The fourth-order valence-corrected chi connectivity index (χ4v) is 12.2. The molecule has 62 heavy (non-hydrogen) atoms. The summed E-state index contributed by atoms with van der Waals surface area (Å²) in [6.07, 6.45) is 1.87. The van der Waals surface area contributed by atoms with E-state index in [4.69, 9.17) is 9.97 Å². The van der Waals surface area contributed by atoms with Gasteiger partial charge in [0.25, 0.3) is 0 Å². The maximum atomic E-state index is 5.52. The molecule has 14 rings (SSSR count). The molecular weight excluding hydrogens is 793 g/mol. The Morgan fingerprint density at radius 1 is 0.355 bits per heavy atom. The van der Waals surface area contributed by atoms with Crippen LogP contribution in [-0.4, -0.2) is 19.1 Å². The predicted molar refractivity (Wildman–Crippen MR) is 265 cm³/mol. The molecule has 0 unspecified atom stereocenters. The highest BCUT2D eigenvalue weighted by atomic mass is 32.1. The third-order valence-corrected chi connectivity index (χ3v) is 15.1. The summed E-state index contributed by atoms with van der Waals surface area (Å²) in [7, 11) is 0. The van der Waals surface area contributed by atoms with Gasteiger partial charge in [-0.25, -0.2) is 4.98 Å². The van der Waals surface area contributed by atoms with Crippen molar-refractivity contribution in [2.75, 3.05) is 0 Å². The standard InChI is InChI=1S/C56H32N4S2/c1-5-17-47-39(13-1)55-49(24-25-50-56(55)40-14-2-6-18-48(40)60(50)46-19-9-16-43-38(46)15-10-28-57-43)59(47)35-31-44(33-22-26-53-41(29-33)36-11-3-7-20-51(36)61-53)58-45(32-35)34-23-27-54-42(30-34)37-12-4-8-21-52(37)62-54/h1-32H. The highest BCUT2D eigenvalue weighted by molar-refractivity contribution is 7.26. The third kappa shape index (κ3) is 4.87. The number of thiophene rings is 2. The van der Waals surface area contributed by atoms with Gasteiger partial charge in [-0.05, 0) is 97.1 Å². The highest BCUT2D eigenvalue weighted by Crippen LogP contribution is 2.45. The number of hydrogen-bond donors (Lipinski definition) is 0. The maximum absolute atomic E-state index is 5.52. The molecule has 0 aliphatic heterocycles. The summed E-state index contributed by atoms with van der Waals surface area (Å²) in [5, 5.41) is 11.1. The van der Waals surface area contributed by atoms with Crippen LogP contribution < -0.4 is 0 Å². The number of fused-ring (bicyclic) bond motifs is 14. The molecule has 0 saturated heterocycles. The molecule has 14 aromatic rings. The van der Waals surface area contributed by atoms with Gasteiger partial charge in [0, 0.05) is 84.6 Å². The summed E-state index contributed by atoms with van der Waals surface area (Å²) in [5.41, 5.74) is 11.9. The Kier molecular flexibility index (Phi) is 7.11. The Balaban J connectivity index is 1.07. The zero-order valence-electron chi connectivity index (χ0n) is 33.1. The average Bonchev–Trinajstić information content (AvgIpc) is 4.08. The lowest BCUT2D eigenvalue weighted by molar-refractivity contribution is 1.16. The molecule has 6 heteroatoms. The van der Waals surface area contributed by atoms with E-state index in [-0.39, 0.29) is 0 Å². The monoisotopic (exact) mass is 824 g/mol. The summed E-state index contributed by atoms with van der Waals surface area (Å²) >= 11 is 3.69. The van der Waals surface area contributed by atoms with E-state index in [9.17, 15) is 0 Å². The van der Waals surface area contributed by atoms with Crippen molar-refractivity contribution in [2.24, 2.45) is 0 Å². The van der Waals surface area contributed by atoms with Crippen molar-refractivity contribution >= 4 is 118 Å². The van der Waals surface area contributed by atoms with E-state index in [1.807, 2.05) is 34.9 Å². The van der Waals surface area contributed by atoms with Gasteiger partial charge < -0.3 is 9.13 Å². The van der Waals surface area contributed by atoms with E-state index in [0.29, 0.717) is 0 Å². The fraction of sp³-hybridized carbons (Fsp3) is 0. The molecular formula is C56H32N4S2. The van der Waals surface area contributed by atoms with Gasteiger partial charge in [0.2, 0.25) is 0 Å². The second kappa shape index (κ2) is 12.9. The molecule has 0 spiro atoms. The SMILES string of the molecule is c1cc(-n2c3ccccc3c3c4c5ccccc5n(-c5cc(-c6ccc7sc8ccccc8c7c6)nc(-c6ccc7sc8ccccc8c7c6)c5)c4ccc32)c2cccnc2c1. The van der Waals surface area contributed by atoms with E-state index >= 15 is 0 Å². The molecule has 8 aromatic carbocycles. The van der Waals surface area contributed by atoms with Crippen LogP contribution in [0.5, 0.6) is 0 Å². The van der Waals surface area contributed by atoms with E-state index in [1.165, 1.54) is 72.9 Å². The summed E-state index contributed by atoms with van der Waals surface area (Å²) in [5.74, 6) is 0. The molecule has 0 amide bonds. The molecule has 0 atom stereocenters. The first-order valence-corrected chi connectivity index (χ1v) is 22.5. The summed E-state index contributed by atoms with van der Waals surface area (Å²) in [6.45, 7) is 0. The Hall–Kier alpha value is -7.64. The molecule has 0 bridgehead atoms. The van der Waals surface area contributed by atoms with Crippen molar-refractivity contribution in [1.29, 1.82) is 0 Å². The van der Waals surface area contributed by atoms with Crippen LogP contribution >= 0.6 is 22.7 Å². The zero-order chi connectivity index (χ0) is 40.5. The number of para-hydroxylation sites is 2. The molecule has 6 aromatic heterocycles. The van der Waals surface area contributed by atoms with Gasteiger partial charge in [-0.3, -0.25) is 4.98 Å². The Bertz CT molecular complexity index is 4050. The molecule has 0 radical (unpaired) electrons. The maximum Gasteiger partial charge on any atom is 0.0730 e. The van der Waals surface area contributed by atoms with Crippen LogP contribution in [0.2, 0.25) is 0 Å². The first kappa shape index (κ1) is 34.1. The van der Waals surface area contributed by atoms with Gasteiger partial charge >= 0.3 is 0 Å². The van der Waals surface area contributed by atoms with Gasteiger partial charge in [0.1, 0.15) is 0 Å². The fourth-order valence-electron chi connectivity index (χ4n) is 10.0. The second-order valence-electron chi connectivity index (χ2n) is 16.1. The van der Waals surface area contributed by atoms with Crippen molar-refractivity contribution in [2.45, 2.75) is 0 Å². The molecule has 0 saturated carbocycles. The lowest BCUT2D eigenvalue weighted by Crippen LogP contribution is -1.98. The lowest BCUT2D eigenvalue weighted by atomic mass is 10.0. The molecule has 0 N–H and O–H groups in total. The average molecular weight is 825 g/mol. The number of pyridine rings is 2. The molecule has 0 fully saturated rings. The van der Waals surface area contributed by atoms with Crippen molar-refractivity contribution in [3.63, 3.8) is 0 Å². The smallest absolute Gasteiger partial charge is 0.0730 e. The Labute approximate surface area is 362 Å². The van der Waals surface area contributed by atoms with Crippen molar-refractivity contribution in [1.82, 2.24) is 19.1 Å². The van der Waals surface area contributed by atoms with Crippen molar-refractivity contribution in [3.05, 3.63) is 194 Å². The number of benzene rings is 8. The van der Waals surface area contributed by atoms with E-state index < -0.39 is 0 Å². The van der Waals surface area contributed by atoms with Gasteiger partial charge in [-0.15, -0.1) is 22.7 Å². The van der Waals surface area contributed by atoms with Crippen LogP contribution in [0.3, 0.4) is 0 Å². The Morgan fingerprint density at radius 3 is 1.50 bits per heavy atom. The number of hydrogen-bond acceptors (Lipinski definition) is 4. The highest BCUT2D eigenvalue weighted by Gasteiger charge is 2.22. The quantitative estimate of drug-likeness (QED) is 0.177. The first-order chi connectivity index (χ1) is 30.7. The van der Waals surface area contributed by atoms with E-state index in [0.717, 1.165) is 55.8 Å². The summed E-state index contributed by atoms with van der Waals surface area (Å²) in [4.78, 5) is 10.3.